The highest BCUT2D eigenvalue weighted by molar-refractivity contribution is 7.16. The van der Waals surface area contributed by atoms with Gasteiger partial charge in [0.2, 0.25) is 5.91 Å². The fourth-order valence-electron chi connectivity index (χ4n) is 2.58. The van der Waals surface area contributed by atoms with Crippen molar-refractivity contribution in [1.29, 1.82) is 0 Å². The van der Waals surface area contributed by atoms with Crippen molar-refractivity contribution in [2.75, 3.05) is 5.32 Å². The Morgan fingerprint density at radius 1 is 1.00 bits per heavy atom. The van der Waals surface area contributed by atoms with E-state index in [0.717, 1.165) is 16.3 Å². The average Bonchev–Trinajstić information content (AvgIpc) is 3.40. The number of hydrogen-bond donors (Lipinski definition) is 1. The molecule has 0 fully saturated rings. The fraction of sp³-hybridized carbons (Fsp3) is 0. The van der Waals surface area contributed by atoms with E-state index in [1.54, 1.807) is 28.4 Å². The summed E-state index contributed by atoms with van der Waals surface area (Å²) in [6.07, 6.45) is 6.48. The van der Waals surface area contributed by atoms with Gasteiger partial charge in [-0.05, 0) is 48.0 Å². The second-order valence-corrected chi connectivity index (χ2v) is 6.89. The number of hydrogen-bond acceptors (Lipinski definition) is 4. The Labute approximate surface area is 160 Å². The normalized spacial score (nSPS) is 11.0. The first-order chi connectivity index (χ1) is 13.3. The Balaban J connectivity index is 1.38. The van der Waals surface area contributed by atoms with E-state index in [1.165, 1.54) is 16.8 Å². The molecule has 2 aromatic heterocycles. The second kappa shape index (κ2) is 7.80. The molecule has 1 amide bonds. The van der Waals surface area contributed by atoms with E-state index in [9.17, 15) is 4.79 Å². The number of thiophene rings is 1. The molecule has 6 heteroatoms. The average molecular weight is 372 g/mol. The first-order valence-electron chi connectivity index (χ1n) is 8.37. The van der Waals surface area contributed by atoms with Crippen molar-refractivity contribution in [2.24, 2.45) is 0 Å². The monoisotopic (exact) mass is 372 g/mol. The molecular weight excluding hydrogens is 356 g/mol. The van der Waals surface area contributed by atoms with Gasteiger partial charge in [0.25, 0.3) is 0 Å². The Morgan fingerprint density at radius 2 is 1.81 bits per heavy atom. The molecule has 0 saturated heterocycles. The van der Waals surface area contributed by atoms with Crippen LogP contribution in [0.15, 0.2) is 85.5 Å². The van der Waals surface area contributed by atoms with Gasteiger partial charge in [-0.25, -0.2) is 9.67 Å². The van der Waals surface area contributed by atoms with E-state index >= 15 is 0 Å². The van der Waals surface area contributed by atoms with E-state index in [0.29, 0.717) is 0 Å². The van der Waals surface area contributed by atoms with Gasteiger partial charge >= 0.3 is 0 Å². The zero-order chi connectivity index (χ0) is 18.5. The number of carbonyl (C=O) groups is 1. The van der Waals surface area contributed by atoms with Gasteiger partial charge in [0.15, 0.2) is 0 Å². The van der Waals surface area contributed by atoms with E-state index < -0.39 is 0 Å². The number of nitrogens with one attached hydrogen (secondary N) is 1. The van der Waals surface area contributed by atoms with Gasteiger partial charge in [-0.15, -0.1) is 11.3 Å². The number of anilines is 1. The quantitative estimate of drug-likeness (QED) is 0.519. The number of carbonyl (C=O) groups excluding carboxylic acids is 1. The second-order valence-electron chi connectivity index (χ2n) is 5.78. The third kappa shape index (κ3) is 4.19. The smallest absolute Gasteiger partial charge is 0.248 e. The molecule has 0 unspecified atom stereocenters. The molecule has 132 valence electrons. The lowest BCUT2D eigenvalue weighted by Gasteiger charge is -2.04. The van der Waals surface area contributed by atoms with Gasteiger partial charge in [-0.1, -0.05) is 30.3 Å². The highest BCUT2D eigenvalue weighted by Gasteiger charge is 2.03. The maximum absolute atomic E-state index is 12.2. The van der Waals surface area contributed by atoms with Crippen LogP contribution in [0, 0.1) is 0 Å². The molecule has 5 nitrogen and oxygen atoms in total. The summed E-state index contributed by atoms with van der Waals surface area (Å²) in [7, 11) is 0. The van der Waals surface area contributed by atoms with Crippen LogP contribution in [0.3, 0.4) is 0 Å². The Kier molecular flexibility index (Phi) is 4.89. The van der Waals surface area contributed by atoms with E-state index in [4.69, 9.17) is 0 Å². The van der Waals surface area contributed by atoms with Crippen LogP contribution in [-0.2, 0) is 4.79 Å². The largest absolute Gasteiger partial charge is 0.323 e. The van der Waals surface area contributed by atoms with Crippen LogP contribution in [0.1, 0.15) is 4.88 Å². The Hall–Kier alpha value is -3.51. The summed E-state index contributed by atoms with van der Waals surface area (Å²) < 4.78 is 1.66. The van der Waals surface area contributed by atoms with Gasteiger partial charge in [-0.2, -0.15) is 5.10 Å². The van der Waals surface area contributed by atoms with Gasteiger partial charge in [0.05, 0.1) is 5.69 Å². The highest BCUT2D eigenvalue weighted by atomic mass is 32.1. The van der Waals surface area contributed by atoms with E-state index in [2.05, 4.69) is 33.6 Å². The number of nitrogens with zero attached hydrogens (tertiary/aromatic N) is 3. The van der Waals surface area contributed by atoms with Crippen LogP contribution in [0.4, 0.5) is 5.69 Å². The van der Waals surface area contributed by atoms with Crippen molar-refractivity contribution in [3.05, 3.63) is 90.3 Å². The third-order valence-corrected chi connectivity index (χ3v) is 5.00. The predicted octanol–water partition coefficient (Wildman–Crippen LogP) is 4.65. The molecular formula is C21H16N4OS. The van der Waals surface area contributed by atoms with Crippen LogP contribution >= 0.6 is 11.3 Å². The Morgan fingerprint density at radius 3 is 2.56 bits per heavy atom. The standard InChI is InChI=1S/C21H16N4OS/c26-21(24-17-6-8-18(9-7-17)25-15-22-14-23-25)13-11-19-10-12-20(27-19)16-4-2-1-3-5-16/h1-15H,(H,24,26)/b13-11+. The summed E-state index contributed by atoms with van der Waals surface area (Å²) in [5.41, 5.74) is 2.79. The van der Waals surface area contributed by atoms with Crippen LogP contribution < -0.4 is 5.32 Å². The minimum Gasteiger partial charge on any atom is -0.323 e. The number of aromatic nitrogens is 3. The molecule has 0 aliphatic heterocycles. The summed E-state index contributed by atoms with van der Waals surface area (Å²) >= 11 is 1.65. The van der Waals surface area contributed by atoms with Crippen LogP contribution in [-0.4, -0.2) is 20.7 Å². The molecule has 4 rings (SSSR count). The van der Waals surface area contributed by atoms with Crippen molar-refractivity contribution in [1.82, 2.24) is 14.8 Å². The molecule has 0 bridgehead atoms. The zero-order valence-corrected chi connectivity index (χ0v) is 15.1. The molecule has 2 heterocycles. The maximum Gasteiger partial charge on any atom is 0.248 e. The van der Waals surface area contributed by atoms with E-state index in [1.807, 2.05) is 54.6 Å². The van der Waals surface area contributed by atoms with Crippen molar-refractivity contribution < 1.29 is 4.79 Å². The molecule has 0 saturated carbocycles. The fourth-order valence-corrected chi connectivity index (χ4v) is 3.50. The van der Waals surface area contributed by atoms with E-state index in [-0.39, 0.29) is 5.91 Å². The SMILES string of the molecule is O=C(/C=C/c1ccc(-c2ccccc2)s1)Nc1ccc(-n2cncn2)cc1. The summed E-state index contributed by atoms with van der Waals surface area (Å²) in [6, 6.07) is 21.7. The predicted molar refractivity (Wildman–Crippen MR) is 109 cm³/mol. The van der Waals surface area contributed by atoms with Gasteiger partial charge in [0.1, 0.15) is 12.7 Å². The van der Waals surface area contributed by atoms with Gasteiger partial charge in [-0.3, -0.25) is 4.79 Å². The number of amides is 1. The third-order valence-electron chi connectivity index (χ3n) is 3.90. The molecule has 0 aliphatic rings. The van der Waals surface area contributed by atoms with Crippen molar-refractivity contribution >= 4 is 29.0 Å². The summed E-state index contributed by atoms with van der Waals surface area (Å²) in [5.74, 6) is -0.168. The minimum atomic E-state index is -0.168. The molecule has 27 heavy (non-hydrogen) atoms. The molecule has 0 spiro atoms. The lowest BCUT2D eigenvalue weighted by molar-refractivity contribution is -0.111. The van der Waals surface area contributed by atoms with Crippen molar-refractivity contribution in [2.45, 2.75) is 0 Å². The first-order valence-corrected chi connectivity index (χ1v) is 9.19. The molecule has 4 aromatic rings. The number of benzene rings is 2. The summed E-state index contributed by atoms with van der Waals surface area (Å²) in [6.45, 7) is 0. The van der Waals surface area contributed by atoms with Crippen molar-refractivity contribution in [3.8, 4) is 16.1 Å². The maximum atomic E-state index is 12.2. The molecule has 0 atom stereocenters. The zero-order valence-electron chi connectivity index (χ0n) is 14.3. The molecule has 0 aliphatic carbocycles. The van der Waals surface area contributed by atoms with Crippen LogP contribution in [0.2, 0.25) is 0 Å². The topological polar surface area (TPSA) is 59.8 Å². The molecule has 2 aromatic carbocycles. The van der Waals surface area contributed by atoms with Gasteiger partial charge < -0.3 is 5.32 Å². The summed E-state index contributed by atoms with van der Waals surface area (Å²) in [4.78, 5) is 18.3. The lowest BCUT2D eigenvalue weighted by Crippen LogP contribution is -2.07. The van der Waals surface area contributed by atoms with Crippen molar-refractivity contribution in [3.63, 3.8) is 0 Å². The minimum absolute atomic E-state index is 0.168. The lowest BCUT2D eigenvalue weighted by atomic mass is 10.2. The van der Waals surface area contributed by atoms with Gasteiger partial charge in [0, 0.05) is 21.5 Å². The molecule has 1 N–H and O–H groups in total. The van der Waals surface area contributed by atoms with Crippen LogP contribution in [0.25, 0.3) is 22.2 Å². The Bertz CT molecular complexity index is 1050. The number of rotatable bonds is 5. The highest BCUT2D eigenvalue weighted by Crippen LogP contribution is 2.28. The van der Waals surface area contributed by atoms with Crippen LogP contribution in [0.5, 0.6) is 0 Å². The first kappa shape index (κ1) is 16.9. The summed E-state index contributed by atoms with van der Waals surface area (Å²) in [5, 5.41) is 6.93. The molecule has 0 radical (unpaired) electrons.